The van der Waals surface area contributed by atoms with Gasteiger partial charge in [-0.15, -0.1) is 0 Å². The molecule has 0 amide bonds. The van der Waals surface area contributed by atoms with Gasteiger partial charge >= 0.3 is 17.9 Å². The van der Waals surface area contributed by atoms with Crippen LogP contribution in [0.15, 0.2) is 122 Å². The largest absolute Gasteiger partial charge is 0.462 e. The van der Waals surface area contributed by atoms with E-state index in [1.165, 1.54) is 57.8 Å². The monoisotopic (exact) mass is 871 g/mol. The van der Waals surface area contributed by atoms with Gasteiger partial charge < -0.3 is 14.2 Å². The molecule has 0 aliphatic heterocycles. The molecular weight excluding hydrogens is 781 g/mol. The number of unbranched alkanes of at least 4 members (excludes halogenated alkanes) is 16. The molecule has 0 saturated heterocycles. The third-order valence-corrected chi connectivity index (χ3v) is 10.0. The summed E-state index contributed by atoms with van der Waals surface area (Å²) in [5.41, 5.74) is 0. The maximum absolute atomic E-state index is 12.8. The van der Waals surface area contributed by atoms with Gasteiger partial charge in [-0.25, -0.2) is 0 Å². The maximum Gasteiger partial charge on any atom is 0.306 e. The molecule has 0 aliphatic carbocycles. The Kier molecular flexibility index (Phi) is 47.1. The summed E-state index contributed by atoms with van der Waals surface area (Å²) in [7, 11) is 0. The number of esters is 3. The van der Waals surface area contributed by atoms with Crippen molar-refractivity contribution in [3.05, 3.63) is 122 Å². The Balaban J connectivity index is 4.58. The fourth-order valence-corrected chi connectivity index (χ4v) is 6.26. The lowest BCUT2D eigenvalue weighted by Crippen LogP contribution is -2.30. The lowest BCUT2D eigenvalue weighted by Gasteiger charge is -2.18. The van der Waals surface area contributed by atoms with Crippen LogP contribution in [0.3, 0.4) is 0 Å². The van der Waals surface area contributed by atoms with E-state index in [2.05, 4.69) is 106 Å². The van der Waals surface area contributed by atoms with Crippen molar-refractivity contribution in [1.82, 2.24) is 0 Å². The Bertz CT molecular complexity index is 1370. The Morgan fingerprint density at radius 1 is 0.349 bits per heavy atom. The van der Waals surface area contributed by atoms with Crippen LogP contribution in [-0.4, -0.2) is 37.2 Å². The van der Waals surface area contributed by atoms with E-state index in [-0.39, 0.29) is 44.0 Å². The van der Waals surface area contributed by atoms with Crippen LogP contribution < -0.4 is 0 Å². The first-order valence-electron chi connectivity index (χ1n) is 25.1. The van der Waals surface area contributed by atoms with E-state index < -0.39 is 6.10 Å². The van der Waals surface area contributed by atoms with Crippen molar-refractivity contribution in [3.8, 4) is 0 Å². The number of hydrogen-bond acceptors (Lipinski definition) is 6. The minimum Gasteiger partial charge on any atom is -0.462 e. The maximum atomic E-state index is 12.8. The third kappa shape index (κ3) is 48.7. The molecule has 0 fully saturated rings. The van der Waals surface area contributed by atoms with Crippen molar-refractivity contribution < 1.29 is 28.6 Å². The molecule has 0 aliphatic rings. The summed E-state index contributed by atoms with van der Waals surface area (Å²) in [6, 6.07) is 0. The predicted molar refractivity (Wildman–Crippen MR) is 269 cm³/mol. The molecule has 0 rings (SSSR count). The van der Waals surface area contributed by atoms with Crippen LogP contribution in [0.25, 0.3) is 0 Å². The van der Waals surface area contributed by atoms with Crippen molar-refractivity contribution in [2.75, 3.05) is 13.2 Å². The second-order valence-corrected chi connectivity index (χ2v) is 16.1. The molecule has 0 N–H and O–H groups in total. The predicted octanol–water partition coefficient (Wildman–Crippen LogP) is 16.5. The van der Waals surface area contributed by atoms with E-state index in [1.54, 1.807) is 0 Å². The van der Waals surface area contributed by atoms with Crippen molar-refractivity contribution in [3.63, 3.8) is 0 Å². The number of allylic oxidation sites excluding steroid dienone is 20. The molecule has 1 atom stereocenters. The molecule has 0 aromatic carbocycles. The standard InChI is InChI=1S/C57H90O6/c1-4-7-10-13-16-19-22-25-27-28-30-32-35-38-41-44-47-50-56(59)62-53-54(52-61-55(58)49-46-43-40-37-34-31-24-21-18-15-12-9-6-3)63-57(60)51-48-45-42-39-36-33-29-26-23-20-17-14-11-8-5-2/h9,12,15-21,23-27,30-32,34,38,41,54H,4-8,10-11,13-14,22,28-29,33,35-37,39-40,42-53H2,1-3H3/b12-9+,18-15+,19-16+,20-17+,24-21+,26-23+,27-25+,32-30+,34-31+,41-38+. The van der Waals surface area contributed by atoms with Gasteiger partial charge in [0.25, 0.3) is 0 Å². The van der Waals surface area contributed by atoms with Crippen LogP contribution in [0, 0.1) is 0 Å². The lowest BCUT2D eigenvalue weighted by molar-refractivity contribution is -0.167. The van der Waals surface area contributed by atoms with Crippen LogP contribution >= 0.6 is 0 Å². The molecule has 0 saturated carbocycles. The molecule has 0 spiro atoms. The second-order valence-electron chi connectivity index (χ2n) is 16.1. The minimum atomic E-state index is -0.825. The highest BCUT2D eigenvalue weighted by atomic mass is 16.6. The normalized spacial score (nSPS) is 13.1. The highest BCUT2D eigenvalue weighted by Crippen LogP contribution is 2.12. The van der Waals surface area contributed by atoms with E-state index in [4.69, 9.17) is 14.2 Å². The van der Waals surface area contributed by atoms with Crippen LogP contribution in [0.5, 0.6) is 0 Å². The van der Waals surface area contributed by atoms with Crippen LogP contribution in [0.4, 0.5) is 0 Å². The Hall–Kier alpha value is -4.19. The van der Waals surface area contributed by atoms with Gasteiger partial charge in [-0.3, -0.25) is 14.4 Å². The van der Waals surface area contributed by atoms with Crippen LogP contribution in [0.2, 0.25) is 0 Å². The zero-order valence-electron chi connectivity index (χ0n) is 40.3. The summed E-state index contributed by atoms with van der Waals surface area (Å²) in [5, 5.41) is 0. The average Bonchev–Trinajstić information content (AvgIpc) is 3.28. The topological polar surface area (TPSA) is 78.9 Å². The molecule has 6 heteroatoms. The quantitative estimate of drug-likeness (QED) is 0.0200. The minimum absolute atomic E-state index is 0.124. The molecule has 6 nitrogen and oxygen atoms in total. The van der Waals surface area contributed by atoms with Crippen LogP contribution in [0.1, 0.15) is 201 Å². The fraction of sp³-hybridized carbons (Fsp3) is 0.596. The summed E-state index contributed by atoms with van der Waals surface area (Å²) in [5.74, 6) is -1.04. The smallest absolute Gasteiger partial charge is 0.306 e. The SMILES string of the molecule is CC/C=C/C=C/C=C/C=C/CCCCCC(=O)OCC(COC(=O)CCC/C=C/C/C=C/C/C=C/C/C=C/CCCCC)OC(=O)CCCCCCCC/C=C/C=C/CCCCC. The van der Waals surface area contributed by atoms with Gasteiger partial charge in [0.15, 0.2) is 6.10 Å². The average molecular weight is 871 g/mol. The zero-order valence-corrected chi connectivity index (χ0v) is 40.3. The highest BCUT2D eigenvalue weighted by molar-refractivity contribution is 5.71. The Morgan fingerprint density at radius 2 is 0.698 bits per heavy atom. The Morgan fingerprint density at radius 3 is 1.21 bits per heavy atom. The van der Waals surface area contributed by atoms with Crippen LogP contribution in [-0.2, 0) is 28.6 Å². The van der Waals surface area contributed by atoms with Gasteiger partial charge in [-0.2, -0.15) is 0 Å². The third-order valence-electron chi connectivity index (χ3n) is 10.0. The van der Waals surface area contributed by atoms with Gasteiger partial charge in [0.2, 0.25) is 0 Å². The molecule has 0 aromatic rings. The lowest BCUT2D eigenvalue weighted by atomic mass is 10.1. The van der Waals surface area contributed by atoms with Gasteiger partial charge in [-0.05, 0) is 103 Å². The summed E-state index contributed by atoms with van der Waals surface area (Å²) < 4.78 is 16.7. The molecule has 0 radical (unpaired) electrons. The summed E-state index contributed by atoms with van der Waals surface area (Å²) >= 11 is 0. The molecular formula is C57H90O6. The summed E-state index contributed by atoms with van der Waals surface area (Å²) in [6.07, 6.45) is 69.0. The van der Waals surface area contributed by atoms with Gasteiger partial charge in [0.1, 0.15) is 13.2 Å². The molecule has 63 heavy (non-hydrogen) atoms. The zero-order chi connectivity index (χ0) is 45.8. The van der Waals surface area contributed by atoms with Crippen molar-refractivity contribution in [2.24, 2.45) is 0 Å². The van der Waals surface area contributed by atoms with E-state index in [0.717, 1.165) is 96.3 Å². The molecule has 0 aromatic heterocycles. The fourth-order valence-electron chi connectivity index (χ4n) is 6.26. The van der Waals surface area contributed by atoms with Gasteiger partial charge in [-0.1, -0.05) is 200 Å². The van der Waals surface area contributed by atoms with E-state index in [0.29, 0.717) is 12.8 Å². The van der Waals surface area contributed by atoms with Crippen molar-refractivity contribution >= 4 is 17.9 Å². The van der Waals surface area contributed by atoms with E-state index in [1.807, 2.05) is 36.5 Å². The van der Waals surface area contributed by atoms with Gasteiger partial charge in [0, 0.05) is 19.3 Å². The molecule has 1 unspecified atom stereocenters. The van der Waals surface area contributed by atoms with Crippen molar-refractivity contribution in [1.29, 1.82) is 0 Å². The number of hydrogen-bond donors (Lipinski definition) is 0. The second kappa shape index (κ2) is 50.5. The molecule has 354 valence electrons. The first kappa shape index (κ1) is 58.8. The molecule has 0 heterocycles. The van der Waals surface area contributed by atoms with Gasteiger partial charge in [0.05, 0.1) is 0 Å². The summed E-state index contributed by atoms with van der Waals surface area (Å²) in [4.78, 5) is 37.9. The molecule has 0 bridgehead atoms. The van der Waals surface area contributed by atoms with Crippen molar-refractivity contribution in [2.45, 2.75) is 207 Å². The highest BCUT2D eigenvalue weighted by Gasteiger charge is 2.19. The number of rotatable bonds is 43. The van der Waals surface area contributed by atoms with E-state index in [9.17, 15) is 14.4 Å². The number of carbonyl (C=O) groups excluding carboxylic acids is 3. The first-order chi connectivity index (χ1) is 31.0. The van der Waals surface area contributed by atoms with E-state index >= 15 is 0 Å². The number of carbonyl (C=O) groups is 3. The first-order valence-corrected chi connectivity index (χ1v) is 25.1. The number of ether oxygens (including phenoxy) is 3. The summed E-state index contributed by atoms with van der Waals surface area (Å²) in [6.45, 7) is 6.32. The Labute approximate surface area is 386 Å².